The van der Waals surface area contributed by atoms with E-state index in [1.165, 1.54) is 6.42 Å². The van der Waals surface area contributed by atoms with Crippen molar-refractivity contribution in [2.45, 2.75) is 25.8 Å². The molecule has 0 aliphatic carbocycles. The molecular formula is C21H21Cl2N5O. The van der Waals surface area contributed by atoms with Gasteiger partial charge in [0.2, 0.25) is 0 Å². The van der Waals surface area contributed by atoms with Gasteiger partial charge in [0.25, 0.3) is 5.91 Å². The molecule has 1 amide bonds. The molecule has 1 saturated heterocycles. The molecule has 0 saturated carbocycles. The predicted octanol–water partition coefficient (Wildman–Crippen LogP) is 4.88. The van der Waals surface area contributed by atoms with E-state index in [1.54, 1.807) is 41.3 Å². The van der Waals surface area contributed by atoms with Gasteiger partial charge in [0.05, 0.1) is 18.3 Å². The maximum absolute atomic E-state index is 13.0. The molecule has 0 spiro atoms. The van der Waals surface area contributed by atoms with Crippen LogP contribution in [0.4, 0.5) is 11.6 Å². The van der Waals surface area contributed by atoms with Crippen LogP contribution in [0.25, 0.3) is 0 Å². The highest BCUT2D eigenvalue weighted by Gasteiger charge is 2.20. The van der Waals surface area contributed by atoms with Gasteiger partial charge in [0, 0.05) is 35.4 Å². The molecule has 3 heterocycles. The SMILES string of the molecule is O=C(Nc1ccnn1Cc1ccc(Cl)cc1Cl)c1cccnc1N1CCCCC1. The van der Waals surface area contributed by atoms with Crippen LogP contribution in [0.5, 0.6) is 0 Å². The number of carbonyl (C=O) groups is 1. The minimum atomic E-state index is -0.206. The first kappa shape index (κ1) is 19.7. The number of nitrogens with one attached hydrogen (secondary N) is 1. The summed E-state index contributed by atoms with van der Waals surface area (Å²) < 4.78 is 1.70. The number of anilines is 2. The minimum Gasteiger partial charge on any atom is -0.356 e. The highest BCUT2D eigenvalue weighted by molar-refractivity contribution is 6.35. The summed E-state index contributed by atoms with van der Waals surface area (Å²) in [6.07, 6.45) is 6.83. The third-order valence-electron chi connectivity index (χ3n) is 4.98. The van der Waals surface area contributed by atoms with E-state index in [9.17, 15) is 4.79 Å². The number of amides is 1. The van der Waals surface area contributed by atoms with Crippen LogP contribution in [0.15, 0.2) is 48.8 Å². The molecule has 4 rings (SSSR count). The highest BCUT2D eigenvalue weighted by Crippen LogP contribution is 2.24. The number of halogens is 2. The molecule has 8 heteroatoms. The van der Waals surface area contributed by atoms with Crippen LogP contribution in [0.2, 0.25) is 10.0 Å². The number of aromatic nitrogens is 3. The van der Waals surface area contributed by atoms with Gasteiger partial charge in [-0.15, -0.1) is 0 Å². The fourth-order valence-electron chi connectivity index (χ4n) is 3.49. The lowest BCUT2D eigenvalue weighted by molar-refractivity contribution is 0.102. The van der Waals surface area contributed by atoms with Crippen LogP contribution in [-0.2, 0) is 6.54 Å². The zero-order chi connectivity index (χ0) is 20.2. The maximum atomic E-state index is 13.0. The number of nitrogens with zero attached hydrogens (tertiary/aromatic N) is 4. The van der Waals surface area contributed by atoms with Crippen molar-refractivity contribution in [3.63, 3.8) is 0 Å². The molecule has 150 valence electrons. The summed E-state index contributed by atoms with van der Waals surface area (Å²) in [5, 5.41) is 8.42. The Balaban J connectivity index is 1.54. The summed E-state index contributed by atoms with van der Waals surface area (Å²) in [5.74, 6) is 1.12. The van der Waals surface area contributed by atoms with E-state index in [0.29, 0.717) is 28.0 Å². The van der Waals surface area contributed by atoms with Crippen molar-refractivity contribution in [1.82, 2.24) is 14.8 Å². The lowest BCUT2D eigenvalue weighted by atomic mass is 10.1. The molecule has 1 aliphatic heterocycles. The lowest BCUT2D eigenvalue weighted by Crippen LogP contribution is -2.32. The van der Waals surface area contributed by atoms with E-state index in [4.69, 9.17) is 23.2 Å². The second kappa shape index (κ2) is 8.84. The van der Waals surface area contributed by atoms with Crippen molar-refractivity contribution in [1.29, 1.82) is 0 Å². The number of benzene rings is 1. The number of pyridine rings is 1. The molecule has 0 unspecified atom stereocenters. The van der Waals surface area contributed by atoms with Gasteiger partial charge in [-0.3, -0.25) is 4.79 Å². The van der Waals surface area contributed by atoms with Gasteiger partial charge in [-0.2, -0.15) is 5.10 Å². The van der Waals surface area contributed by atoms with Crippen LogP contribution in [0.3, 0.4) is 0 Å². The van der Waals surface area contributed by atoms with Gasteiger partial charge >= 0.3 is 0 Å². The van der Waals surface area contributed by atoms with Crippen molar-refractivity contribution < 1.29 is 4.79 Å². The van der Waals surface area contributed by atoms with Crippen LogP contribution >= 0.6 is 23.2 Å². The topological polar surface area (TPSA) is 63.1 Å². The third kappa shape index (κ3) is 4.54. The quantitative estimate of drug-likeness (QED) is 0.627. The first-order chi connectivity index (χ1) is 14.1. The molecule has 1 aliphatic rings. The summed E-state index contributed by atoms with van der Waals surface area (Å²) in [6.45, 7) is 2.26. The maximum Gasteiger partial charge on any atom is 0.260 e. The van der Waals surface area contributed by atoms with Gasteiger partial charge in [-0.05, 0) is 49.1 Å². The van der Waals surface area contributed by atoms with E-state index in [2.05, 4.69) is 20.3 Å². The molecule has 29 heavy (non-hydrogen) atoms. The van der Waals surface area contributed by atoms with Gasteiger partial charge < -0.3 is 10.2 Å². The van der Waals surface area contributed by atoms with Crippen LogP contribution in [0, 0.1) is 0 Å². The van der Waals surface area contributed by atoms with Crippen molar-refractivity contribution >= 4 is 40.7 Å². The zero-order valence-corrected chi connectivity index (χ0v) is 17.3. The highest BCUT2D eigenvalue weighted by atomic mass is 35.5. The first-order valence-corrected chi connectivity index (χ1v) is 10.3. The third-order valence-corrected chi connectivity index (χ3v) is 5.57. The van der Waals surface area contributed by atoms with E-state index < -0.39 is 0 Å². The fraction of sp³-hybridized carbons (Fsp3) is 0.286. The Morgan fingerprint density at radius 3 is 2.69 bits per heavy atom. The number of hydrogen-bond acceptors (Lipinski definition) is 4. The molecule has 6 nitrogen and oxygen atoms in total. The Labute approximate surface area is 179 Å². The molecule has 0 radical (unpaired) electrons. The molecule has 3 aromatic rings. The summed E-state index contributed by atoms with van der Waals surface area (Å²) in [5.41, 5.74) is 1.43. The van der Waals surface area contributed by atoms with Crippen molar-refractivity contribution in [2.24, 2.45) is 0 Å². The summed E-state index contributed by atoms with van der Waals surface area (Å²) in [4.78, 5) is 19.7. The molecule has 2 aromatic heterocycles. The number of hydrogen-bond donors (Lipinski definition) is 1. The molecule has 0 bridgehead atoms. The largest absolute Gasteiger partial charge is 0.356 e. The van der Waals surface area contributed by atoms with Crippen molar-refractivity contribution in [3.05, 3.63) is 70.0 Å². The molecule has 0 atom stereocenters. The Kier molecular flexibility index (Phi) is 6.02. The number of rotatable bonds is 5. The molecule has 1 aromatic carbocycles. The van der Waals surface area contributed by atoms with E-state index in [-0.39, 0.29) is 5.91 Å². The van der Waals surface area contributed by atoms with Gasteiger partial charge in [-0.25, -0.2) is 9.67 Å². The molecule has 1 N–H and O–H groups in total. The van der Waals surface area contributed by atoms with Gasteiger partial charge in [0.1, 0.15) is 11.6 Å². The second-order valence-corrected chi connectivity index (χ2v) is 7.83. The summed E-state index contributed by atoms with van der Waals surface area (Å²) >= 11 is 12.3. The van der Waals surface area contributed by atoms with Gasteiger partial charge in [0.15, 0.2) is 0 Å². The van der Waals surface area contributed by atoms with Crippen molar-refractivity contribution in [2.75, 3.05) is 23.3 Å². The second-order valence-electron chi connectivity index (χ2n) is 6.99. The van der Waals surface area contributed by atoms with E-state index in [1.807, 2.05) is 12.1 Å². The Hall–Kier alpha value is -2.57. The lowest BCUT2D eigenvalue weighted by Gasteiger charge is -2.29. The van der Waals surface area contributed by atoms with Crippen LogP contribution in [-0.4, -0.2) is 33.8 Å². The van der Waals surface area contributed by atoms with E-state index in [0.717, 1.165) is 37.3 Å². The first-order valence-electron chi connectivity index (χ1n) is 9.59. The van der Waals surface area contributed by atoms with E-state index >= 15 is 0 Å². The average molecular weight is 430 g/mol. The minimum absolute atomic E-state index is 0.206. The van der Waals surface area contributed by atoms with Crippen LogP contribution in [0.1, 0.15) is 35.2 Å². The Bertz CT molecular complexity index is 1010. The normalized spacial score (nSPS) is 14.1. The molecule has 1 fully saturated rings. The monoisotopic (exact) mass is 429 g/mol. The standard InChI is InChI=1S/C21H21Cl2N5O/c22-16-7-6-15(18(23)13-16)14-28-19(8-10-25-28)26-21(29)17-5-4-9-24-20(17)27-11-2-1-3-12-27/h4-10,13H,1-3,11-12,14H2,(H,26,29). The Morgan fingerprint density at radius 1 is 1.07 bits per heavy atom. The molecular weight excluding hydrogens is 409 g/mol. The average Bonchev–Trinajstić information content (AvgIpc) is 3.17. The fourth-order valence-corrected chi connectivity index (χ4v) is 3.96. The van der Waals surface area contributed by atoms with Crippen LogP contribution < -0.4 is 10.2 Å². The number of piperidine rings is 1. The van der Waals surface area contributed by atoms with Gasteiger partial charge in [-0.1, -0.05) is 29.3 Å². The summed E-state index contributed by atoms with van der Waals surface area (Å²) in [7, 11) is 0. The summed E-state index contributed by atoms with van der Waals surface area (Å²) in [6, 6.07) is 10.7. The van der Waals surface area contributed by atoms with Crippen molar-refractivity contribution in [3.8, 4) is 0 Å². The Morgan fingerprint density at radius 2 is 1.90 bits per heavy atom. The number of carbonyl (C=O) groups excluding carboxylic acids is 1. The zero-order valence-electron chi connectivity index (χ0n) is 15.8. The smallest absolute Gasteiger partial charge is 0.260 e. The predicted molar refractivity (Wildman–Crippen MR) is 116 cm³/mol.